The fourth-order valence-electron chi connectivity index (χ4n) is 3.48. The molecule has 0 aliphatic carbocycles. The van der Waals surface area contributed by atoms with Gasteiger partial charge in [0.25, 0.3) is 10.0 Å². The van der Waals surface area contributed by atoms with Crippen LogP contribution in [0.1, 0.15) is 19.3 Å². The molecule has 1 N–H and O–H groups in total. The van der Waals surface area contributed by atoms with Gasteiger partial charge in [-0.05, 0) is 67.8 Å². The van der Waals surface area contributed by atoms with Crippen LogP contribution in [0.15, 0.2) is 65.6 Å². The molecule has 156 valence electrons. The lowest BCUT2D eigenvalue weighted by Gasteiger charge is -2.27. The summed E-state index contributed by atoms with van der Waals surface area (Å²) in [4.78, 5) is 2.42. The van der Waals surface area contributed by atoms with E-state index in [0.29, 0.717) is 17.1 Å². The van der Waals surface area contributed by atoms with Crippen molar-refractivity contribution in [1.82, 2.24) is 10.2 Å². The van der Waals surface area contributed by atoms with Crippen LogP contribution >= 0.6 is 0 Å². The average Bonchev–Trinajstić information content (AvgIpc) is 2.80. The Balaban J connectivity index is 1.52. The first-order valence-corrected chi connectivity index (χ1v) is 11.4. The lowest BCUT2D eigenvalue weighted by Crippen LogP contribution is -2.30. The molecule has 0 bridgehead atoms. The summed E-state index contributed by atoms with van der Waals surface area (Å²) in [6, 6.07) is 17.3. The largest absolute Gasteiger partial charge is 0.497 e. The Morgan fingerprint density at radius 2 is 1.70 bits per heavy atom. The summed E-state index contributed by atoms with van der Waals surface area (Å²) in [6.07, 6.45) is 3.63. The van der Waals surface area contributed by atoms with Gasteiger partial charge in [0, 0.05) is 24.3 Å². The first kappa shape index (κ1) is 20.2. The standard InChI is InChI=1S/C22H24N4O3S/c1-29-19-8-10-20(11-9-19)30(27,28)25-18-7-5-6-17(16-18)21-12-13-22(24-23-21)26-14-3-2-4-15-26/h5-13,16,25H,2-4,14-15H2,1H3. The molecule has 3 aromatic rings. The normalized spacial score (nSPS) is 14.4. The van der Waals surface area contributed by atoms with Crippen molar-refractivity contribution in [3.8, 4) is 17.0 Å². The molecule has 0 saturated carbocycles. The summed E-state index contributed by atoms with van der Waals surface area (Å²) in [5.74, 6) is 1.48. The van der Waals surface area contributed by atoms with Gasteiger partial charge in [0.1, 0.15) is 5.75 Å². The molecule has 1 fully saturated rings. The summed E-state index contributed by atoms with van der Waals surface area (Å²) in [5, 5.41) is 8.73. The Bertz CT molecular complexity index is 1090. The number of nitrogens with zero attached hydrogens (tertiary/aromatic N) is 3. The minimum Gasteiger partial charge on any atom is -0.497 e. The van der Waals surface area contributed by atoms with Crippen molar-refractivity contribution in [1.29, 1.82) is 0 Å². The van der Waals surface area contributed by atoms with Crippen molar-refractivity contribution in [3.63, 3.8) is 0 Å². The van der Waals surface area contributed by atoms with Crippen LogP contribution in [0.2, 0.25) is 0 Å². The first-order valence-electron chi connectivity index (χ1n) is 9.91. The van der Waals surface area contributed by atoms with Crippen molar-refractivity contribution in [2.24, 2.45) is 0 Å². The Labute approximate surface area is 176 Å². The molecule has 1 aliphatic rings. The minimum absolute atomic E-state index is 0.166. The second-order valence-electron chi connectivity index (χ2n) is 7.19. The van der Waals surface area contributed by atoms with Crippen LogP contribution in [0, 0.1) is 0 Å². The van der Waals surface area contributed by atoms with Crippen LogP contribution in [0.3, 0.4) is 0 Å². The highest BCUT2D eigenvalue weighted by atomic mass is 32.2. The first-order chi connectivity index (χ1) is 14.5. The van der Waals surface area contributed by atoms with Gasteiger partial charge in [0.05, 0.1) is 17.7 Å². The van der Waals surface area contributed by atoms with Gasteiger partial charge in [0.2, 0.25) is 0 Å². The van der Waals surface area contributed by atoms with E-state index in [2.05, 4.69) is 19.8 Å². The number of nitrogens with one attached hydrogen (secondary N) is 1. The third-order valence-corrected chi connectivity index (χ3v) is 6.51. The van der Waals surface area contributed by atoms with Crippen molar-refractivity contribution in [2.75, 3.05) is 29.8 Å². The summed E-state index contributed by atoms with van der Waals surface area (Å²) in [6.45, 7) is 2.02. The number of rotatable bonds is 6. The molecule has 0 atom stereocenters. The van der Waals surface area contributed by atoms with Gasteiger partial charge in [-0.1, -0.05) is 12.1 Å². The summed E-state index contributed by atoms with van der Waals surface area (Å²) >= 11 is 0. The van der Waals surface area contributed by atoms with Gasteiger partial charge in [-0.2, -0.15) is 0 Å². The Hall–Kier alpha value is -3.13. The number of ether oxygens (including phenoxy) is 1. The van der Waals surface area contributed by atoms with Gasteiger partial charge in [-0.3, -0.25) is 4.72 Å². The van der Waals surface area contributed by atoms with E-state index < -0.39 is 10.0 Å². The van der Waals surface area contributed by atoms with E-state index in [-0.39, 0.29) is 4.90 Å². The van der Waals surface area contributed by atoms with Crippen LogP contribution in [-0.2, 0) is 10.0 Å². The number of benzene rings is 2. The van der Waals surface area contributed by atoms with E-state index in [1.54, 1.807) is 30.3 Å². The molecule has 1 aromatic heterocycles. The van der Waals surface area contributed by atoms with Crippen molar-refractivity contribution in [2.45, 2.75) is 24.2 Å². The molecule has 0 radical (unpaired) electrons. The van der Waals surface area contributed by atoms with Crippen LogP contribution in [0.5, 0.6) is 5.75 Å². The molecule has 30 heavy (non-hydrogen) atoms. The maximum Gasteiger partial charge on any atom is 0.261 e. The molecular weight excluding hydrogens is 400 g/mol. The van der Waals surface area contributed by atoms with E-state index in [1.807, 2.05) is 18.2 Å². The average molecular weight is 425 g/mol. The number of hydrogen-bond acceptors (Lipinski definition) is 6. The topological polar surface area (TPSA) is 84.4 Å². The van der Waals surface area contributed by atoms with Crippen molar-refractivity contribution < 1.29 is 13.2 Å². The predicted molar refractivity (Wildman–Crippen MR) is 117 cm³/mol. The maximum absolute atomic E-state index is 12.7. The number of anilines is 2. The monoisotopic (exact) mass is 424 g/mol. The van der Waals surface area contributed by atoms with Gasteiger partial charge >= 0.3 is 0 Å². The molecule has 4 rings (SSSR count). The third kappa shape index (κ3) is 4.54. The zero-order valence-electron chi connectivity index (χ0n) is 16.8. The third-order valence-electron chi connectivity index (χ3n) is 5.11. The van der Waals surface area contributed by atoms with E-state index in [1.165, 1.54) is 38.5 Å². The van der Waals surface area contributed by atoms with E-state index in [4.69, 9.17) is 4.74 Å². The van der Waals surface area contributed by atoms with Gasteiger partial charge < -0.3 is 9.64 Å². The van der Waals surface area contributed by atoms with Crippen LogP contribution < -0.4 is 14.4 Å². The number of piperidine rings is 1. The molecule has 2 aromatic carbocycles. The number of hydrogen-bond donors (Lipinski definition) is 1. The van der Waals surface area contributed by atoms with Gasteiger partial charge in [-0.25, -0.2) is 8.42 Å². The van der Waals surface area contributed by atoms with Crippen molar-refractivity contribution >= 4 is 21.5 Å². The summed E-state index contributed by atoms with van der Waals surface area (Å²) in [5.41, 5.74) is 1.95. The molecule has 1 aliphatic heterocycles. The highest BCUT2D eigenvalue weighted by Crippen LogP contribution is 2.25. The Morgan fingerprint density at radius 1 is 0.933 bits per heavy atom. The van der Waals surface area contributed by atoms with E-state index >= 15 is 0 Å². The molecule has 1 saturated heterocycles. The van der Waals surface area contributed by atoms with Gasteiger partial charge in [0.15, 0.2) is 5.82 Å². The molecule has 0 spiro atoms. The van der Waals surface area contributed by atoms with Gasteiger partial charge in [-0.15, -0.1) is 10.2 Å². The van der Waals surface area contributed by atoms with Crippen LogP contribution in [0.4, 0.5) is 11.5 Å². The fourth-order valence-corrected chi connectivity index (χ4v) is 4.53. The maximum atomic E-state index is 12.7. The number of sulfonamides is 1. The summed E-state index contributed by atoms with van der Waals surface area (Å²) < 4.78 is 33.1. The Kier molecular flexibility index (Phi) is 5.85. The Morgan fingerprint density at radius 3 is 2.37 bits per heavy atom. The van der Waals surface area contributed by atoms with Crippen LogP contribution in [0.25, 0.3) is 11.3 Å². The number of aromatic nitrogens is 2. The fraction of sp³-hybridized carbons (Fsp3) is 0.273. The quantitative estimate of drug-likeness (QED) is 0.645. The zero-order valence-corrected chi connectivity index (χ0v) is 17.6. The smallest absolute Gasteiger partial charge is 0.261 e. The molecule has 8 heteroatoms. The molecule has 7 nitrogen and oxygen atoms in total. The molecule has 0 unspecified atom stereocenters. The lowest BCUT2D eigenvalue weighted by molar-refractivity contribution is 0.414. The SMILES string of the molecule is COc1ccc(S(=O)(=O)Nc2cccc(-c3ccc(N4CCCCC4)nn3)c2)cc1. The number of methoxy groups -OCH3 is 1. The molecule has 0 amide bonds. The molecular formula is C22H24N4O3S. The van der Waals surface area contributed by atoms with Crippen LogP contribution in [-0.4, -0.2) is 38.8 Å². The zero-order chi connectivity index (χ0) is 21.0. The lowest BCUT2D eigenvalue weighted by atomic mass is 10.1. The molecule has 2 heterocycles. The minimum atomic E-state index is -3.71. The second-order valence-corrected chi connectivity index (χ2v) is 8.87. The van der Waals surface area contributed by atoms with Crippen molar-refractivity contribution in [3.05, 3.63) is 60.7 Å². The van der Waals surface area contributed by atoms with E-state index in [0.717, 1.165) is 24.5 Å². The van der Waals surface area contributed by atoms with E-state index in [9.17, 15) is 8.42 Å². The highest BCUT2D eigenvalue weighted by molar-refractivity contribution is 7.92. The summed E-state index contributed by atoms with van der Waals surface area (Å²) in [7, 11) is -2.17. The highest BCUT2D eigenvalue weighted by Gasteiger charge is 2.16. The second kappa shape index (κ2) is 8.71. The predicted octanol–water partition coefficient (Wildman–Crippen LogP) is 3.94.